The summed E-state index contributed by atoms with van der Waals surface area (Å²) in [6, 6.07) is 23.4. The Morgan fingerprint density at radius 3 is 2.20 bits per heavy atom. The van der Waals surface area contributed by atoms with Gasteiger partial charge in [-0.25, -0.2) is 4.79 Å². The van der Waals surface area contributed by atoms with Crippen LogP contribution in [0.4, 0.5) is 17.1 Å². The largest absolute Gasteiger partial charge is 0.494 e. The Bertz CT molecular complexity index is 1490. The Hall–Kier alpha value is -4.48. The average molecular weight is 644 g/mol. The van der Waals surface area contributed by atoms with Gasteiger partial charge in [-0.2, -0.15) is 0 Å². The van der Waals surface area contributed by atoms with Crippen LogP contribution >= 0.6 is 12.2 Å². The summed E-state index contributed by atoms with van der Waals surface area (Å²) in [5.74, 6) is -0.271. The lowest BCUT2D eigenvalue weighted by Crippen LogP contribution is -2.47. The van der Waals surface area contributed by atoms with E-state index in [9.17, 15) is 14.4 Å². The number of esters is 1. The molecule has 0 saturated carbocycles. The van der Waals surface area contributed by atoms with Crippen molar-refractivity contribution >= 4 is 52.2 Å². The van der Waals surface area contributed by atoms with Crippen molar-refractivity contribution in [3.8, 4) is 5.75 Å². The predicted molar refractivity (Wildman–Crippen MR) is 184 cm³/mol. The highest BCUT2D eigenvalue weighted by Gasteiger charge is 2.44. The molecule has 2 aliphatic heterocycles. The van der Waals surface area contributed by atoms with Crippen molar-refractivity contribution < 1.29 is 23.9 Å². The Labute approximate surface area is 275 Å². The second-order valence-electron chi connectivity index (χ2n) is 11.2. The minimum atomic E-state index is -0.755. The van der Waals surface area contributed by atoms with Crippen molar-refractivity contribution in [2.45, 2.75) is 32.7 Å². The fraction of sp³-hybridized carbons (Fsp3) is 0.371. The molecular formula is C35H41N5O5S. The van der Waals surface area contributed by atoms with Crippen LogP contribution in [-0.4, -0.2) is 91.2 Å². The molecule has 10 nitrogen and oxygen atoms in total. The molecular weight excluding hydrogens is 602 g/mol. The molecule has 242 valence electrons. The molecule has 2 heterocycles. The maximum atomic E-state index is 13.9. The molecule has 3 aromatic carbocycles. The number of hydrogen-bond donors (Lipinski definition) is 1. The van der Waals surface area contributed by atoms with E-state index in [0.29, 0.717) is 41.0 Å². The first-order valence-corrected chi connectivity index (χ1v) is 16.3. The van der Waals surface area contributed by atoms with Crippen LogP contribution in [0.2, 0.25) is 0 Å². The molecule has 0 aliphatic carbocycles. The van der Waals surface area contributed by atoms with Gasteiger partial charge in [0.25, 0.3) is 5.91 Å². The molecule has 0 radical (unpaired) electrons. The fourth-order valence-electron chi connectivity index (χ4n) is 5.81. The highest BCUT2D eigenvalue weighted by Crippen LogP contribution is 2.28. The van der Waals surface area contributed by atoms with Crippen molar-refractivity contribution in [2.24, 2.45) is 0 Å². The second-order valence-corrected chi connectivity index (χ2v) is 11.5. The van der Waals surface area contributed by atoms with Gasteiger partial charge in [0.05, 0.1) is 30.9 Å². The molecule has 2 saturated heterocycles. The summed E-state index contributed by atoms with van der Waals surface area (Å²) < 4.78 is 10.6. The van der Waals surface area contributed by atoms with Gasteiger partial charge in [-0.05, 0) is 99.7 Å². The van der Waals surface area contributed by atoms with Gasteiger partial charge in [-0.1, -0.05) is 18.2 Å². The third-order valence-corrected chi connectivity index (χ3v) is 8.57. The van der Waals surface area contributed by atoms with E-state index >= 15 is 0 Å². The highest BCUT2D eigenvalue weighted by molar-refractivity contribution is 7.80. The van der Waals surface area contributed by atoms with Crippen molar-refractivity contribution in [1.29, 1.82) is 0 Å². The number of anilines is 3. The van der Waals surface area contributed by atoms with E-state index in [1.54, 1.807) is 55.5 Å². The zero-order valence-corrected chi connectivity index (χ0v) is 27.2. The first kappa shape index (κ1) is 32.9. The normalized spacial score (nSPS) is 16.9. The summed E-state index contributed by atoms with van der Waals surface area (Å²) in [5, 5.41) is 3.26. The van der Waals surface area contributed by atoms with Crippen LogP contribution in [0.15, 0.2) is 78.9 Å². The van der Waals surface area contributed by atoms with Crippen LogP contribution in [0.25, 0.3) is 0 Å². The molecule has 0 bridgehead atoms. The lowest BCUT2D eigenvalue weighted by molar-refractivity contribution is -0.124. The number of thiocarbonyl (C=S) groups is 1. The van der Waals surface area contributed by atoms with Crippen molar-refractivity contribution in [3.63, 3.8) is 0 Å². The molecule has 2 amide bonds. The standard InChI is InChI=1S/C35H41N5O5S/c1-3-44-30-17-13-27(14-18-30)36-32(41)25-31-33(42)40(29-15-11-26(12-16-29)34(43)45-4-2)35(46)39(31)20-8-19-37-21-23-38(24-22-37)28-9-6-5-7-10-28/h5-7,9-18,31H,3-4,8,19-25H2,1-2H3,(H,36,41)/t31-/m0/s1. The zero-order chi connectivity index (χ0) is 32.5. The van der Waals surface area contributed by atoms with Crippen molar-refractivity contribution in [3.05, 3.63) is 84.4 Å². The lowest BCUT2D eigenvalue weighted by atomic mass is 10.1. The minimum Gasteiger partial charge on any atom is -0.494 e. The van der Waals surface area contributed by atoms with Crippen LogP contribution in [0.5, 0.6) is 5.75 Å². The van der Waals surface area contributed by atoms with Crippen LogP contribution < -0.4 is 19.9 Å². The van der Waals surface area contributed by atoms with Crippen LogP contribution in [0, 0.1) is 0 Å². The molecule has 11 heteroatoms. The van der Waals surface area contributed by atoms with E-state index in [1.807, 2.05) is 17.9 Å². The minimum absolute atomic E-state index is 0.0562. The predicted octanol–water partition coefficient (Wildman–Crippen LogP) is 4.81. The molecule has 1 atom stereocenters. The number of para-hydroxylation sites is 1. The fourth-order valence-corrected chi connectivity index (χ4v) is 6.22. The average Bonchev–Trinajstić information content (AvgIpc) is 3.30. The van der Waals surface area contributed by atoms with Gasteiger partial charge in [0.1, 0.15) is 11.8 Å². The van der Waals surface area contributed by atoms with Gasteiger partial charge in [-0.3, -0.25) is 19.4 Å². The number of ether oxygens (including phenoxy) is 2. The maximum Gasteiger partial charge on any atom is 0.338 e. The zero-order valence-electron chi connectivity index (χ0n) is 26.4. The molecule has 5 rings (SSSR count). The van der Waals surface area contributed by atoms with Crippen molar-refractivity contribution in [2.75, 3.05) is 67.6 Å². The molecule has 3 aromatic rings. The van der Waals surface area contributed by atoms with E-state index in [4.69, 9.17) is 21.7 Å². The summed E-state index contributed by atoms with van der Waals surface area (Å²) >= 11 is 5.86. The van der Waals surface area contributed by atoms with Gasteiger partial charge < -0.3 is 24.6 Å². The first-order chi connectivity index (χ1) is 22.4. The van der Waals surface area contributed by atoms with E-state index in [-0.39, 0.29) is 24.8 Å². The van der Waals surface area contributed by atoms with Crippen LogP contribution in [-0.2, 0) is 14.3 Å². The summed E-state index contributed by atoms with van der Waals surface area (Å²) in [6.45, 7) is 9.68. The Morgan fingerprint density at radius 1 is 0.848 bits per heavy atom. The topological polar surface area (TPSA) is 94.7 Å². The van der Waals surface area contributed by atoms with Gasteiger partial charge in [-0.15, -0.1) is 0 Å². The molecule has 0 spiro atoms. The number of carbonyl (C=O) groups is 3. The number of rotatable bonds is 13. The quantitative estimate of drug-likeness (QED) is 0.208. The highest BCUT2D eigenvalue weighted by atomic mass is 32.1. The first-order valence-electron chi connectivity index (χ1n) is 15.8. The number of amides is 2. The molecule has 46 heavy (non-hydrogen) atoms. The maximum absolute atomic E-state index is 13.9. The van der Waals surface area contributed by atoms with E-state index < -0.39 is 12.0 Å². The second kappa shape index (κ2) is 15.7. The molecule has 2 fully saturated rings. The van der Waals surface area contributed by atoms with Gasteiger partial charge in [0, 0.05) is 44.1 Å². The molecule has 0 aromatic heterocycles. The summed E-state index contributed by atoms with van der Waals surface area (Å²) in [6.07, 6.45) is 0.727. The van der Waals surface area contributed by atoms with Gasteiger partial charge in [0.15, 0.2) is 5.11 Å². The van der Waals surface area contributed by atoms with Crippen molar-refractivity contribution in [1.82, 2.24) is 9.80 Å². The van der Waals surface area contributed by atoms with Gasteiger partial charge >= 0.3 is 5.97 Å². The van der Waals surface area contributed by atoms with E-state index in [2.05, 4.69) is 39.4 Å². The number of nitrogens with zero attached hydrogens (tertiary/aromatic N) is 4. The third-order valence-electron chi connectivity index (χ3n) is 8.15. The van der Waals surface area contributed by atoms with Crippen LogP contribution in [0.1, 0.15) is 37.0 Å². The smallest absolute Gasteiger partial charge is 0.338 e. The van der Waals surface area contributed by atoms with E-state index in [0.717, 1.165) is 39.1 Å². The Kier molecular flexibility index (Phi) is 11.2. The third kappa shape index (κ3) is 8.02. The number of benzene rings is 3. The molecule has 2 aliphatic rings. The number of nitrogens with one attached hydrogen (secondary N) is 1. The van der Waals surface area contributed by atoms with Gasteiger partial charge in [0.2, 0.25) is 5.91 Å². The number of hydrogen-bond acceptors (Lipinski definition) is 8. The number of piperazine rings is 1. The lowest BCUT2D eigenvalue weighted by Gasteiger charge is -2.36. The number of carbonyl (C=O) groups excluding carboxylic acids is 3. The summed E-state index contributed by atoms with van der Waals surface area (Å²) in [7, 11) is 0. The monoisotopic (exact) mass is 643 g/mol. The van der Waals surface area contributed by atoms with Crippen LogP contribution in [0.3, 0.4) is 0 Å². The van der Waals surface area contributed by atoms with E-state index in [1.165, 1.54) is 10.6 Å². The summed E-state index contributed by atoms with van der Waals surface area (Å²) in [4.78, 5) is 47.4. The SMILES string of the molecule is CCOC(=O)c1ccc(N2C(=O)[C@H](CC(=O)Nc3ccc(OCC)cc3)N(CCCN3CCN(c4ccccc4)CC3)C2=S)cc1. The molecule has 0 unspecified atom stereocenters. The Balaban J connectivity index is 1.25. The summed E-state index contributed by atoms with van der Waals surface area (Å²) in [5.41, 5.74) is 2.79. The molecule has 1 N–H and O–H groups in total. The Morgan fingerprint density at radius 2 is 1.54 bits per heavy atom.